The number of para-hydroxylation sites is 1. The molecule has 0 saturated heterocycles. The molecule has 1 nitrogen and oxygen atoms in total. The zero-order valence-electron chi connectivity index (χ0n) is 36.0. The average Bonchev–Trinajstić information content (AvgIpc) is 3.91. The summed E-state index contributed by atoms with van der Waals surface area (Å²) in [6.45, 7) is 14.4. The second-order valence-electron chi connectivity index (χ2n) is 19.6. The summed E-state index contributed by atoms with van der Waals surface area (Å²) < 4.78 is 6.29. The van der Waals surface area contributed by atoms with E-state index in [0.29, 0.717) is 0 Å². The van der Waals surface area contributed by atoms with Gasteiger partial charge in [0, 0.05) is 32.9 Å². The summed E-state index contributed by atoms with van der Waals surface area (Å²) in [7, 11) is 0. The molecule has 0 saturated carbocycles. The summed E-state index contributed by atoms with van der Waals surface area (Å²) in [6.07, 6.45) is 2.02. The lowest BCUT2D eigenvalue weighted by Gasteiger charge is -2.26. The summed E-state index contributed by atoms with van der Waals surface area (Å²) in [5.74, 6) is 0.250. The Kier molecular flexibility index (Phi) is 7.63. The fraction of sp³-hybridized carbons (Fsp3) is 0.200. The standard InChI is InChI=1S/C60H50O/c1-58(2)50-16-10-7-13-42(50)45-28-23-39(33-54(45)58)41(40-24-29-46-43-14-8-11-17-51(43)59(3,4)55(46)34-40)25-19-36-20-26-44-47-27-21-37(32-53(47)60(5,6)52(44)31-36)38-22-30-49-48-15-9-12-18-56(48)61-57(49)35-38/h7-18,20-24,26-35,41H,19,25H2,1-6H3. The topological polar surface area (TPSA) is 13.1 Å². The van der Waals surface area contributed by atoms with Crippen molar-refractivity contribution in [3.05, 3.63) is 214 Å². The van der Waals surface area contributed by atoms with Gasteiger partial charge in [0.1, 0.15) is 11.2 Å². The van der Waals surface area contributed by atoms with Gasteiger partial charge >= 0.3 is 0 Å². The predicted octanol–water partition coefficient (Wildman–Crippen LogP) is 15.9. The number of aryl methyl sites for hydroxylation is 1. The van der Waals surface area contributed by atoms with Gasteiger partial charge in [0.15, 0.2) is 0 Å². The van der Waals surface area contributed by atoms with Gasteiger partial charge in [0.25, 0.3) is 0 Å². The quantitative estimate of drug-likeness (QED) is 0.164. The highest BCUT2D eigenvalue weighted by Crippen LogP contribution is 2.53. The third kappa shape index (κ3) is 5.26. The molecule has 1 heterocycles. The van der Waals surface area contributed by atoms with Crippen molar-refractivity contribution in [3.63, 3.8) is 0 Å². The third-order valence-corrected chi connectivity index (χ3v) is 15.2. The molecule has 8 aromatic carbocycles. The van der Waals surface area contributed by atoms with Crippen molar-refractivity contribution in [2.45, 2.75) is 76.5 Å². The molecule has 0 aliphatic heterocycles. The van der Waals surface area contributed by atoms with Crippen LogP contribution in [0.3, 0.4) is 0 Å². The molecule has 0 N–H and O–H groups in total. The van der Waals surface area contributed by atoms with Crippen LogP contribution in [0.25, 0.3) is 66.4 Å². The Labute approximate surface area is 359 Å². The summed E-state index contributed by atoms with van der Waals surface area (Å²) in [6, 6.07) is 62.2. The van der Waals surface area contributed by atoms with E-state index < -0.39 is 0 Å². The zero-order valence-corrected chi connectivity index (χ0v) is 36.0. The lowest BCUT2D eigenvalue weighted by Crippen LogP contribution is -2.17. The minimum absolute atomic E-state index is 0.0470. The van der Waals surface area contributed by atoms with E-state index in [1.807, 2.05) is 6.07 Å². The maximum absolute atomic E-state index is 6.29. The van der Waals surface area contributed by atoms with Crippen molar-refractivity contribution in [1.82, 2.24) is 0 Å². The molecule has 0 radical (unpaired) electrons. The first kappa shape index (κ1) is 36.4. The highest BCUT2D eigenvalue weighted by Gasteiger charge is 2.39. The summed E-state index contributed by atoms with van der Waals surface area (Å²) in [5.41, 5.74) is 25.1. The SMILES string of the molecule is CC1(C)c2cc(CCC(c3ccc4c(c3)C(C)(C)c3ccccc3-4)c3ccc4c(c3)C(C)(C)c3ccccc3-4)ccc2-c2ccc(-c3ccc4c(c3)oc3ccccc34)cc21. The van der Waals surface area contributed by atoms with Gasteiger partial charge in [-0.05, 0) is 132 Å². The first-order valence-corrected chi connectivity index (χ1v) is 22.2. The van der Waals surface area contributed by atoms with E-state index in [4.69, 9.17) is 4.42 Å². The molecule has 0 amide bonds. The molecule has 3 aliphatic carbocycles. The lowest BCUT2D eigenvalue weighted by atomic mass is 9.77. The second-order valence-corrected chi connectivity index (χ2v) is 19.6. The van der Waals surface area contributed by atoms with E-state index in [9.17, 15) is 0 Å². The Bertz CT molecular complexity index is 3180. The number of fused-ring (bicyclic) bond motifs is 12. The Morgan fingerprint density at radius 1 is 0.377 bits per heavy atom. The highest BCUT2D eigenvalue weighted by molar-refractivity contribution is 6.06. The van der Waals surface area contributed by atoms with Crippen LogP contribution in [0.5, 0.6) is 0 Å². The molecule has 1 heteroatoms. The molecule has 0 bridgehead atoms. The largest absolute Gasteiger partial charge is 0.456 e. The number of benzene rings is 8. The van der Waals surface area contributed by atoms with Crippen LogP contribution in [0.4, 0.5) is 0 Å². The van der Waals surface area contributed by atoms with E-state index in [-0.39, 0.29) is 22.2 Å². The number of rotatable bonds is 6. The van der Waals surface area contributed by atoms with Gasteiger partial charge in [-0.2, -0.15) is 0 Å². The summed E-state index contributed by atoms with van der Waals surface area (Å²) >= 11 is 0. The summed E-state index contributed by atoms with van der Waals surface area (Å²) in [5, 5.41) is 2.33. The number of hydrogen-bond donors (Lipinski definition) is 0. The summed E-state index contributed by atoms with van der Waals surface area (Å²) in [4.78, 5) is 0. The molecular weight excluding hydrogens is 737 g/mol. The van der Waals surface area contributed by atoms with Crippen LogP contribution in [0, 0.1) is 0 Å². The van der Waals surface area contributed by atoms with Gasteiger partial charge in [-0.15, -0.1) is 0 Å². The Morgan fingerprint density at radius 3 is 1.49 bits per heavy atom. The van der Waals surface area contributed by atoms with Crippen LogP contribution in [0.1, 0.15) is 104 Å². The fourth-order valence-corrected chi connectivity index (χ4v) is 11.7. The maximum atomic E-state index is 6.29. The Morgan fingerprint density at radius 2 is 0.836 bits per heavy atom. The van der Waals surface area contributed by atoms with Crippen LogP contribution in [-0.2, 0) is 22.7 Å². The van der Waals surface area contributed by atoms with Crippen LogP contribution >= 0.6 is 0 Å². The molecule has 12 rings (SSSR count). The number of hydrogen-bond acceptors (Lipinski definition) is 1. The molecule has 296 valence electrons. The molecule has 0 unspecified atom stereocenters. The molecule has 3 aliphatic rings. The molecule has 0 atom stereocenters. The maximum Gasteiger partial charge on any atom is 0.136 e. The van der Waals surface area contributed by atoms with Gasteiger partial charge in [0.05, 0.1) is 0 Å². The molecular formula is C60H50O. The molecule has 9 aromatic rings. The second kappa shape index (κ2) is 12.8. The van der Waals surface area contributed by atoms with Gasteiger partial charge in [0.2, 0.25) is 0 Å². The minimum atomic E-state index is -0.124. The van der Waals surface area contributed by atoms with Crippen molar-refractivity contribution < 1.29 is 4.42 Å². The molecule has 61 heavy (non-hydrogen) atoms. The van der Waals surface area contributed by atoms with Crippen LogP contribution in [0.2, 0.25) is 0 Å². The van der Waals surface area contributed by atoms with Crippen LogP contribution in [-0.4, -0.2) is 0 Å². The normalized spacial score (nSPS) is 15.7. The van der Waals surface area contributed by atoms with Gasteiger partial charge in [-0.25, -0.2) is 0 Å². The van der Waals surface area contributed by atoms with E-state index in [1.165, 1.54) is 105 Å². The fourth-order valence-electron chi connectivity index (χ4n) is 11.7. The van der Waals surface area contributed by atoms with Crippen molar-refractivity contribution in [1.29, 1.82) is 0 Å². The first-order chi connectivity index (χ1) is 29.5. The lowest BCUT2D eigenvalue weighted by molar-refractivity contribution is 0.647. The first-order valence-electron chi connectivity index (χ1n) is 22.2. The molecule has 0 fully saturated rings. The smallest absolute Gasteiger partial charge is 0.136 e. The van der Waals surface area contributed by atoms with Gasteiger partial charge in [-0.1, -0.05) is 181 Å². The highest BCUT2D eigenvalue weighted by atomic mass is 16.3. The Hall–Kier alpha value is -6.44. The number of furan rings is 1. The van der Waals surface area contributed by atoms with Crippen LogP contribution in [0.15, 0.2) is 168 Å². The predicted molar refractivity (Wildman–Crippen MR) is 255 cm³/mol. The van der Waals surface area contributed by atoms with E-state index in [1.54, 1.807) is 0 Å². The van der Waals surface area contributed by atoms with Gasteiger partial charge in [-0.3, -0.25) is 0 Å². The average molecular weight is 787 g/mol. The van der Waals surface area contributed by atoms with Crippen molar-refractivity contribution in [2.75, 3.05) is 0 Å². The third-order valence-electron chi connectivity index (χ3n) is 15.2. The zero-order chi connectivity index (χ0) is 41.4. The van der Waals surface area contributed by atoms with E-state index >= 15 is 0 Å². The Balaban J connectivity index is 0.894. The van der Waals surface area contributed by atoms with Crippen molar-refractivity contribution in [2.24, 2.45) is 0 Å². The minimum Gasteiger partial charge on any atom is -0.456 e. The van der Waals surface area contributed by atoms with E-state index in [2.05, 4.69) is 199 Å². The monoisotopic (exact) mass is 786 g/mol. The van der Waals surface area contributed by atoms with Gasteiger partial charge < -0.3 is 4.42 Å². The van der Waals surface area contributed by atoms with E-state index in [0.717, 1.165) is 24.0 Å². The van der Waals surface area contributed by atoms with Crippen molar-refractivity contribution >= 4 is 21.9 Å². The molecule has 1 aromatic heterocycles. The van der Waals surface area contributed by atoms with Crippen molar-refractivity contribution in [3.8, 4) is 44.5 Å². The molecule has 0 spiro atoms. The van der Waals surface area contributed by atoms with Crippen LogP contribution < -0.4 is 0 Å².